The van der Waals surface area contributed by atoms with Crippen molar-refractivity contribution in [2.75, 3.05) is 45.6 Å². The number of halogens is 3. The van der Waals surface area contributed by atoms with Crippen LogP contribution in [0.3, 0.4) is 0 Å². The molecule has 0 radical (unpaired) electrons. The molecule has 1 aromatic carbocycles. The third kappa shape index (κ3) is 7.26. The topological polar surface area (TPSA) is 83.0 Å². The van der Waals surface area contributed by atoms with Gasteiger partial charge in [0.2, 0.25) is 5.91 Å². The zero-order chi connectivity index (χ0) is 20.6. The monoisotopic (exact) mass is 389 g/mol. The summed E-state index contributed by atoms with van der Waals surface area (Å²) >= 11 is 0. The second kappa shape index (κ2) is 10.5. The molecule has 1 unspecified atom stereocenters. The van der Waals surface area contributed by atoms with Crippen LogP contribution in [0.15, 0.2) is 12.1 Å². The molecule has 0 heterocycles. The maximum Gasteiger partial charge on any atom is 0.279 e. The van der Waals surface area contributed by atoms with Crippen LogP contribution >= 0.6 is 0 Å². The van der Waals surface area contributed by atoms with Gasteiger partial charge in [0.1, 0.15) is 0 Å². The number of carbonyl (C=O) groups is 3. The Morgan fingerprint density at radius 1 is 1.07 bits per heavy atom. The minimum Gasteiger partial charge on any atom is -0.355 e. The molecular weight excluding hydrogens is 365 g/mol. The Labute approximate surface area is 155 Å². The molecule has 0 aliphatic carbocycles. The van der Waals surface area contributed by atoms with Crippen molar-refractivity contribution in [1.29, 1.82) is 0 Å². The highest BCUT2D eigenvalue weighted by Gasteiger charge is 2.20. The predicted molar refractivity (Wildman–Crippen MR) is 92.5 cm³/mol. The van der Waals surface area contributed by atoms with Crippen molar-refractivity contribution in [3.05, 3.63) is 29.6 Å². The Balaban J connectivity index is 2.50. The summed E-state index contributed by atoms with van der Waals surface area (Å²) < 4.78 is 39.6. The smallest absolute Gasteiger partial charge is 0.279 e. The fraction of sp³-hybridized carbons (Fsp3) is 0.471. The van der Waals surface area contributed by atoms with Crippen LogP contribution in [0.4, 0.5) is 18.9 Å². The molecule has 0 bridgehead atoms. The molecule has 7 nitrogen and oxygen atoms in total. The zero-order valence-corrected chi connectivity index (χ0v) is 15.5. The van der Waals surface area contributed by atoms with Gasteiger partial charge < -0.3 is 20.4 Å². The number of rotatable bonds is 9. The van der Waals surface area contributed by atoms with Crippen molar-refractivity contribution in [3.63, 3.8) is 0 Å². The normalized spacial score (nSPS) is 11.6. The summed E-state index contributed by atoms with van der Waals surface area (Å²) in [5, 5.41) is 4.78. The van der Waals surface area contributed by atoms with Crippen molar-refractivity contribution in [2.24, 2.45) is 0 Å². The second-order valence-corrected chi connectivity index (χ2v) is 6.18. The lowest BCUT2D eigenvalue weighted by Crippen LogP contribution is -3.11. The molecule has 0 aliphatic heterocycles. The Kier molecular flexibility index (Phi) is 8.73. The van der Waals surface area contributed by atoms with Crippen molar-refractivity contribution >= 4 is 23.4 Å². The fourth-order valence-corrected chi connectivity index (χ4v) is 2.17. The number of hydrogen-bond donors (Lipinski definition) is 3. The van der Waals surface area contributed by atoms with Crippen LogP contribution in [0, 0.1) is 17.5 Å². The van der Waals surface area contributed by atoms with Gasteiger partial charge in [-0.15, -0.1) is 0 Å². The first kappa shape index (κ1) is 22.4. The van der Waals surface area contributed by atoms with Crippen LogP contribution < -0.4 is 15.5 Å². The van der Waals surface area contributed by atoms with E-state index in [4.69, 9.17) is 0 Å². The van der Waals surface area contributed by atoms with Gasteiger partial charge in [0.05, 0.1) is 19.3 Å². The number of benzene rings is 1. The molecule has 1 atom stereocenters. The van der Waals surface area contributed by atoms with Gasteiger partial charge in [0.15, 0.2) is 30.5 Å². The van der Waals surface area contributed by atoms with E-state index in [0.717, 1.165) is 12.5 Å². The Hall–Kier alpha value is -2.62. The molecule has 3 N–H and O–H groups in total. The third-order valence-corrected chi connectivity index (χ3v) is 3.60. The zero-order valence-electron chi connectivity index (χ0n) is 15.5. The van der Waals surface area contributed by atoms with E-state index in [9.17, 15) is 27.6 Å². The molecular formula is C17H24F3N4O3+. The van der Waals surface area contributed by atoms with E-state index in [1.807, 2.05) is 6.92 Å². The number of amides is 3. The van der Waals surface area contributed by atoms with E-state index in [1.165, 1.54) is 11.9 Å². The quantitative estimate of drug-likeness (QED) is 0.500. The average molecular weight is 389 g/mol. The first-order valence-corrected chi connectivity index (χ1v) is 8.41. The van der Waals surface area contributed by atoms with E-state index in [0.29, 0.717) is 17.5 Å². The van der Waals surface area contributed by atoms with E-state index in [2.05, 4.69) is 10.6 Å². The first-order chi connectivity index (χ1) is 12.6. The number of carbonyl (C=O) groups excluding carboxylic acids is 3. The van der Waals surface area contributed by atoms with Crippen molar-refractivity contribution in [2.45, 2.75) is 13.3 Å². The number of likely N-dealkylation sites (N-methyl/N-ethyl adjacent to an activating group) is 2. The number of hydrogen-bond acceptors (Lipinski definition) is 3. The number of quaternary nitrogens is 1. The summed E-state index contributed by atoms with van der Waals surface area (Å²) in [6, 6.07) is 1.61. The van der Waals surface area contributed by atoms with Crippen LogP contribution in [-0.4, -0.2) is 62.9 Å². The van der Waals surface area contributed by atoms with E-state index in [-0.39, 0.29) is 31.4 Å². The maximum atomic E-state index is 13.6. The summed E-state index contributed by atoms with van der Waals surface area (Å²) in [7, 11) is 3.03. The molecule has 150 valence electrons. The molecule has 0 spiro atoms. The summed E-state index contributed by atoms with van der Waals surface area (Å²) in [6.07, 6.45) is 0.782. The SMILES string of the molecule is CCCNC(=O)CN(C)C(=O)C[NH+](C)CC(=O)Nc1ccc(F)c(F)c1F. The number of nitrogens with one attached hydrogen (secondary N) is 3. The minimum absolute atomic E-state index is 0.0781. The van der Waals surface area contributed by atoms with Gasteiger partial charge in [-0.1, -0.05) is 6.92 Å². The van der Waals surface area contributed by atoms with Crippen molar-refractivity contribution < 1.29 is 32.5 Å². The lowest BCUT2D eigenvalue weighted by atomic mass is 10.2. The number of anilines is 1. The van der Waals surface area contributed by atoms with E-state index < -0.39 is 29.0 Å². The maximum absolute atomic E-state index is 13.6. The van der Waals surface area contributed by atoms with Crippen LogP contribution in [0.5, 0.6) is 0 Å². The van der Waals surface area contributed by atoms with Gasteiger partial charge >= 0.3 is 0 Å². The molecule has 0 fully saturated rings. The van der Waals surface area contributed by atoms with Gasteiger partial charge in [-0.25, -0.2) is 13.2 Å². The molecule has 0 aliphatic rings. The van der Waals surface area contributed by atoms with Crippen LogP contribution in [0.25, 0.3) is 0 Å². The van der Waals surface area contributed by atoms with Crippen LogP contribution in [0.2, 0.25) is 0 Å². The Bertz CT molecular complexity index is 700. The van der Waals surface area contributed by atoms with Gasteiger partial charge in [0, 0.05) is 13.6 Å². The first-order valence-electron chi connectivity index (χ1n) is 8.41. The predicted octanol–water partition coefficient (Wildman–Crippen LogP) is -0.458. The van der Waals surface area contributed by atoms with Gasteiger partial charge in [-0.2, -0.15) is 0 Å². The molecule has 0 saturated carbocycles. The van der Waals surface area contributed by atoms with Crippen molar-refractivity contribution in [3.8, 4) is 0 Å². The molecule has 10 heteroatoms. The highest BCUT2D eigenvalue weighted by Crippen LogP contribution is 2.19. The third-order valence-electron chi connectivity index (χ3n) is 3.60. The molecule has 3 amide bonds. The summed E-state index contributed by atoms with van der Waals surface area (Å²) in [4.78, 5) is 37.3. The van der Waals surface area contributed by atoms with Gasteiger partial charge in [-0.3, -0.25) is 14.4 Å². The van der Waals surface area contributed by atoms with Gasteiger partial charge in [-0.05, 0) is 18.6 Å². The highest BCUT2D eigenvalue weighted by atomic mass is 19.2. The fourth-order valence-electron chi connectivity index (χ4n) is 2.17. The van der Waals surface area contributed by atoms with Crippen LogP contribution in [-0.2, 0) is 14.4 Å². The average Bonchev–Trinajstić information content (AvgIpc) is 2.60. The summed E-state index contributed by atoms with van der Waals surface area (Å²) in [6.45, 7) is 2.04. The molecule has 0 aromatic heterocycles. The molecule has 27 heavy (non-hydrogen) atoms. The van der Waals surface area contributed by atoms with Crippen molar-refractivity contribution in [1.82, 2.24) is 10.2 Å². The lowest BCUT2D eigenvalue weighted by molar-refractivity contribution is -0.862. The molecule has 1 aromatic rings. The molecule has 0 saturated heterocycles. The van der Waals surface area contributed by atoms with Gasteiger partial charge in [0.25, 0.3) is 11.8 Å². The highest BCUT2D eigenvalue weighted by molar-refractivity contribution is 5.91. The largest absolute Gasteiger partial charge is 0.355 e. The summed E-state index contributed by atoms with van der Waals surface area (Å²) in [5.74, 6) is -5.83. The standard InChI is InChI=1S/C17H23F3N4O3/c1-4-7-21-13(25)9-24(3)15(27)10-23(2)8-14(26)22-12-6-5-11(18)16(19)17(12)20/h5-6H,4,7-10H2,1-3H3,(H,21,25)(H,22,26)/p+1. The minimum atomic E-state index is -1.67. The van der Waals surface area contributed by atoms with E-state index >= 15 is 0 Å². The lowest BCUT2D eigenvalue weighted by Gasteiger charge is -2.19. The van der Waals surface area contributed by atoms with E-state index in [1.54, 1.807) is 7.05 Å². The number of nitrogens with zero attached hydrogens (tertiary/aromatic N) is 1. The Morgan fingerprint density at radius 2 is 1.74 bits per heavy atom. The second-order valence-electron chi connectivity index (χ2n) is 6.18. The molecule has 1 rings (SSSR count). The Morgan fingerprint density at radius 3 is 2.37 bits per heavy atom. The van der Waals surface area contributed by atoms with Crippen LogP contribution in [0.1, 0.15) is 13.3 Å². The summed E-state index contributed by atoms with van der Waals surface area (Å²) in [5.41, 5.74) is -0.484.